The van der Waals surface area contributed by atoms with Gasteiger partial charge in [-0.3, -0.25) is 4.98 Å². The fourth-order valence-corrected chi connectivity index (χ4v) is 3.13. The standard InChI is InChI=1S/C18H14N4O/c1-10-6-11(9-21-8-10)16-13-2-3-15-12(4-5-22-15)17(13)23-18(20)14(16)7-19/h2-6,8-9,16,22H,20H2,1H3. The zero-order valence-corrected chi connectivity index (χ0v) is 12.5. The monoisotopic (exact) mass is 302 g/mol. The number of benzene rings is 1. The van der Waals surface area contributed by atoms with Crippen molar-refractivity contribution in [2.24, 2.45) is 5.73 Å². The molecule has 1 aliphatic rings. The topological polar surface area (TPSA) is 87.7 Å². The molecule has 5 heteroatoms. The Morgan fingerprint density at radius 3 is 2.96 bits per heavy atom. The number of rotatable bonds is 1. The predicted octanol–water partition coefficient (Wildman–Crippen LogP) is 3.09. The molecule has 0 fully saturated rings. The van der Waals surface area contributed by atoms with Gasteiger partial charge < -0.3 is 15.5 Å². The average Bonchev–Trinajstić information content (AvgIpc) is 3.02. The summed E-state index contributed by atoms with van der Waals surface area (Å²) in [6.07, 6.45) is 5.42. The molecule has 112 valence electrons. The number of hydrogen-bond acceptors (Lipinski definition) is 4. The lowest BCUT2D eigenvalue weighted by molar-refractivity contribution is 0.398. The zero-order valence-electron chi connectivity index (χ0n) is 12.5. The molecule has 1 unspecified atom stereocenters. The van der Waals surface area contributed by atoms with E-state index in [2.05, 4.69) is 16.0 Å². The van der Waals surface area contributed by atoms with Gasteiger partial charge in [-0.15, -0.1) is 0 Å². The fourth-order valence-electron chi connectivity index (χ4n) is 3.13. The number of nitriles is 1. The van der Waals surface area contributed by atoms with Crippen LogP contribution in [0.2, 0.25) is 0 Å². The number of allylic oxidation sites excluding steroid dienone is 1. The smallest absolute Gasteiger partial charge is 0.205 e. The predicted molar refractivity (Wildman–Crippen MR) is 86.6 cm³/mol. The molecule has 5 nitrogen and oxygen atoms in total. The number of hydrogen-bond donors (Lipinski definition) is 2. The molecule has 0 saturated heterocycles. The van der Waals surface area contributed by atoms with Crippen LogP contribution in [0.15, 0.2) is 54.3 Å². The number of H-pyrrole nitrogens is 1. The molecular formula is C18H14N4O. The van der Waals surface area contributed by atoms with Gasteiger partial charge in [-0.25, -0.2) is 0 Å². The lowest BCUT2D eigenvalue weighted by atomic mass is 9.83. The normalized spacial score (nSPS) is 16.8. The van der Waals surface area contributed by atoms with Gasteiger partial charge in [-0.05, 0) is 30.2 Å². The van der Waals surface area contributed by atoms with Gasteiger partial charge in [-0.2, -0.15) is 5.26 Å². The van der Waals surface area contributed by atoms with Crippen molar-refractivity contribution in [2.75, 3.05) is 0 Å². The van der Waals surface area contributed by atoms with Gasteiger partial charge >= 0.3 is 0 Å². The molecule has 0 amide bonds. The molecule has 3 heterocycles. The van der Waals surface area contributed by atoms with Crippen molar-refractivity contribution in [3.8, 4) is 11.8 Å². The highest BCUT2D eigenvalue weighted by molar-refractivity contribution is 5.88. The summed E-state index contributed by atoms with van der Waals surface area (Å²) in [4.78, 5) is 7.42. The first-order valence-electron chi connectivity index (χ1n) is 7.28. The number of fused-ring (bicyclic) bond motifs is 3. The van der Waals surface area contributed by atoms with Gasteiger partial charge in [0.05, 0.1) is 5.92 Å². The van der Waals surface area contributed by atoms with E-state index in [9.17, 15) is 5.26 Å². The van der Waals surface area contributed by atoms with Gasteiger partial charge in [0.1, 0.15) is 17.4 Å². The quantitative estimate of drug-likeness (QED) is 0.723. The maximum Gasteiger partial charge on any atom is 0.205 e. The number of nitrogens with zero attached hydrogens (tertiary/aromatic N) is 2. The summed E-state index contributed by atoms with van der Waals surface area (Å²) in [6.45, 7) is 1.98. The molecule has 4 rings (SSSR count). The highest BCUT2D eigenvalue weighted by Crippen LogP contribution is 2.44. The largest absolute Gasteiger partial charge is 0.439 e. The second-order valence-electron chi connectivity index (χ2n) is 5.64. The van der Waals surface area contributed by atoms with Crippen LogP contribution in [0.5, 0.6) is 5.75 Å². The summed E-state index contributed by atoms with van der Waals surface area (Å²) < 4.78 is 5.78. The third-order valence-electron chi connectivity index (χ3n) is 4.14. The van der Waals surface area contributed by atoms with E-state index in [1.54, 1.807) is 12.4 Å². The summed E-state index contributed by atoms with van der Waals surface area (Å²) in [7, 11) is 0. The van der Waals surface area contributed by atoms with Gasteiger partial charge in [-0.1, -0.05) is 12.1 Å². The Morgan fingerprint density at radius 2 is 2.17 bits per heavy atom. The molecule has 1 aromatic carbocycles. The van der Waals surface area contributed by atoms with E-state index in [1.807, 2.05) is 37.4 Å². The van der Waals surface area contributed by atoms with Crippen LogP contribution >= 0.6 is 0 Å². The van der Waals surface area contributed by atoms with Crippen molar-refractivity contribution in [2.45, 2.75) is 12.8 Å². The molecular weight excluding hydrogens is 288 g/mol. The van der Waals surface area contributed by atoms with Gasteiger partial charge in [0.25, 0.3) is 0 Å². The van der Waals surface area contributed by atoms with E-state index >= 15 is 0 Å². The molecule has 0 aliphatic carbocycles. The first-order valence-corrected chi connectivity index (χ1v) is 7.28. The maximum atomic E-state index is 9.57. The first kappa shape index (κ1) is 13.4. The van der Waals surface area contributed by atoms with Crippen LogP contribution in [-0.4, -0.2) is 9.97 Å². The molecule has 0 radical (unpaired) electrons. The average molecular weight is 302 g/mol. The SMILES string of the molecule is Cc1cncc(C2C(C#N)=C(N)Oc3c2ccc2[nH]ccc32)c1. The van der Waals surface area contributed by atoms with Crippen LogP contribution in [0, 0.1) is 18.3 Å². The summed E-state index contributed by atoms with van der Waals surface area (Å²) in [6, 6.07) is 10.1. The van der Waals surface area contributed by atoms with E-state index in [-0.39, 0.29) is 11.8 Å². The Labute approximate surface area is 133 Å². The van der Waals surface area contributed by atoms with Crippen molar-refractivity contribution in [1.82, 2.24) is 9.97 Å². The first-order chi connectivity index (χ1) is 11.2. The second-order valence-corrected chi connectivity index (χ2v) is 5.64. The van der Waals surface area contributed by atoms with Crippen molar-refractivity contribution >= 4 is 10.9 Å². The Hall–Kier alpha value is -3.26. The van der Waals surface area contributed by atoms with Crippen LogP contribution in [0.4, 0.5) is 0 Å². The van der Waals surface area contributed by atoms with Crippen molar-refractivity contribution in [3.63, 3.8) is 0 Å². The van der Waals surface area contributed by atoms with Crippen LogP contribution in [0.1, 0.15) is 22.6 Å². The molecule has 3 N–H and O–H groups in total. The third-order valence-corrected chi connectivity index (χ3v) is 4.14. The van der Waals surface area contributed by atoms with Gasteiger partial charge in [0.15, 0.2) is 0 Å². The van der Waals surface area contributed by atoms with Crippen molar-refractivity contribution < 1.29 is 4.74 Å². The molecule has 3 aromatic rings. The number of aromatic amines is 1. The molecule has 1 atom stereocenters. The number of nitrogens with two attached hydrogens (primary N) is 1. The minimum Gasteiger partial charge on any atom is -0.439 e. The number of nitrogens with one attached hydrogen (secondary N) is 1. The van der Waals surface area contributed by atoms with Crippen molar-refractivity contribution in [3.05, 3.63) is 71.0 Å². The van der Waals surface area contributed by atoms with Crippen LogP contribution in [0.25, 0.3) is 10.9 Å². The lowest BCUT2D eigenvalue weighted by Gasteiger charge is -2.26. The van der Waals surface area contributed by atoms with Gasteiger partial charge in [0.2, 0.25) is 5.88 Å². The van der Waals surface area contributed by atoms with E-state index < -0.39 is 0 Å². The highest BCUT2D eigenvalue weighted by Gasteiger charge is 2.32. The minimum absolute atomic E-state index is 0.153. The minimum atomic E-state index is -0.268. The van der Waals surface area contributed by atoms with E-state index in [0.717, 1.165) is 27.6 Å². The zero-order chi connectivity index (χ0) is 16.0. The van der Waals surface area contributed by atoms with Crippen molar-refractivity contribution in [1.29, 1.82) is 5.26 Å². The molecule has 0 saturated carbocycles. The summed E-state index contributed by atoms with van der Waals surface area (Å²) in [5.74, 6) is 0.586. The van der Waals surface area contributed by atoms with Crippen LogP contribution < -0.4 is 10.5 Å². The summed E-state index contributed by atoms with van der Waals surface area (Å²) >= 11 is 0. The van der Waals surface area contributed by atoms with Crippen LogP contribution in [0.3, 0.4) is 0 Å². The molecule has 1 aliphatic heterocycles. The second kappa shape index (κ2) is 4.89. The Morgan fingerprint density at radius 1 is 1.30 bits per heavy atom. The van der Waals surface area contributed by atoms with E-state index in [0.29, 0.717) is 11.3 Å². The molecule has 0 bridgehead atoms. The lowest BCUT2D eigenvalue weighted by Crippen LogP contribution is -2.21. The van der Waals surface area contributed by atoms with E-state index in [1.165, 1.54) is 0 Å². The highest BCUT2D eigenvalue weighted by atomic mass is 16.5. The molecule has 23 heavy (non-hydrogen) atoms. The Balaban J connectivity index is 2.02. The fraction of sp³-hybridized carbons (Fsp3) is 0.111. The summed E-state index contributed by atoms with van der Waals surface area (Å²) in [5.41, 5.74) is 10.3. The number of aryl methyl sites for hydroxylation is 1. The number of ether oxygens (including phenoxy) is 1. The van der Waals surface area contributed by atoms with E-state index in [4.69, 9.17) is 10.5 Å². The van der Waals surface area contributed by atoms with Crippen LogP contribution in [-0.2, 0) is 0 Å². The van der Waals surface area contributed by atoms with Gasteiger partial charge in [0, 0.05) is 35.1 Å². The number of pyridine rings is 1. The maximum absolute atomic E-state index is 9.57. The molecule has 0 spiro atoms. The summed E-state index contributed by atoms with van der Waals surface area (Å²) in [5, 5.41) is 10.5. The molecule has 2 aromatic heterocycles. The number of aromatic nitrogens is 2. The Bertz CT molecular complexity index is 994. The Kier molecular flexibility index (Phi) is 2.85. The third kappa shape index (κ3) is 1.96.